The van der Waals surface area contributed by atoms with Crippen molar-refractivity contribution in [1.29, 1.82) is 0 Å². The minimum atomic E-state index is -0.505. The molecule has 1 amide bonds. The first-order valence-corrected chi connectivity index (χ1v) is 8.15. The summed E-state index contributed by atoms with van der Waals surface area (Å²) < 4.78 is 2.63. The van der Waals surface area contributed by atoms with Crippen molar-refractivity contribution in [3.63, 3.8) is 0 Å². The fraction of sp³-hybridized carbons (Fsp3) is 0.0588. The van der Waals surface area contributed by atoms with Gasteiger partial charge in [-0.05, 0) is 23.8 Å². The number of halogens is 1. The molecule has 0 aliphatic heterocycles. The van der Waals surface area contributed by atoms with Gasteiger partial charge < -0.3 is 5.32 Å². The molecule has 0 radical (unpaired) electrons. The second-order valence-electron chi connectivity index (χ2n) is 5.22. The lowest BCUT2D eigenvalue weighted by Gasteiger charge is -2.10. The number of nitro groups is 1. The van der Waals surface area contributed by atoms with Gasteiger partial charge in [0.2, 0.25) is 0 Å². The Bertz CT molecular complexity index is 922. The second kappa shape index (κ2) is 7.27. The third-order valence-electron chi connectivity index (χ3n) is 3.58. The number of carbonyl (C=O) groups is 1. The summed E-state index contributed by atoms with van der Waals surface area (Å²) in [7, 11) is 0. The molecule has 0 spiro atoms. The van der Waals surface area contributed by atoms with E-state index in [0.717, 1.165) is 10.0 Å². The van der Waals surface area contributed by atoms with Crippen LogP contribution in [0.5, 0.6) is 0 Å². The average Bonchev–Trinajstić information content (AvgIpc) is 3.04. The molecule has 0 fully saturated rings. The van der Waals surface area contributed by atoms with Gasteiger partial charge >= 0.3 is 0 Å². The molecule has 7 nitrogen and oxygen atoms in total. The van der Waals surface area contributed by atoms with E-state index in [4.69, 9.17) is 0 Å². The van der Waals surface area contributed by atoms with E-state index in [1.54, 1.807) is 16.9 Å². The first-order chi connectivity index (χ1) is 12.0. The number of nitro benzene ring substituents is 1. The van der Waals surface area contributed by atoms with E-state index in [9.17, 15) is 14.9 Å². The van der Waals surface area contributed by atoms with Gasteiger partial charge in [-0.15, -0.1) is 0 Å². The van der Waals surface area contributed by atoms with Crippen LogP contribution in [0, 0.1) is 10.1 Å². The minimum Gasteiger partial charge on any atom is -0.307 e. The van der Waals surface area contributed by atoms with Gasteiger partial charge in [-0.25, -0.2) is 4.68 Å². The molecular formula is C17H13BrN4O3. The van der Waals surface area contributed by atoms with Crippen LogP contribution in [0.1, 0.15) is 15.9 Å². The van der Waals surface area contributed by atoms with Crippen LogP contribution in [0.4, 0.5) is 11.5 Å². The Morgan fingerprint density at radius 2 is 1.88 bits per heavy atom. The van der Waals surface area contributed by atoms with Crippen LogP contribution in [0.3, 0.4) is 0 Å². The highest BCUT2D eigenvalue weighted by molar-refractivity contribution is 9.10. The smallest absolute Gasteiger partial charge is 0.269 e. The zero-order valence-corrected chi connectivity index (χ0v) is 14.5. The summed E-state index contributed by atoms with van der Waals surface area (Å²) in [6.07, 6.45) is 1.60. The van der Waals surface area contributed by atoms with Gasteiger partial charge in [-0.1, -0.05) is 34.1 Å². The summed E-state index contributed by atoms with van der Waals surface area (Å²) in [5, 5.41) is 17.7. The van der Waals surface area contributed by atoms with Crippen LogP contribution >= 0.6 is 15.9 Å². The quantitative estimate of drug-likeness (QED) is 0.519. The van der Waals surface area contributed by atoms with E-state index in [1.165, 1.54) is 24.3 Å². The molecule has 0 atom stereocenters. The minimum absolute atomic E-state index is 0.0597. The normalized spacial score (nSPS) is 10.4. The van der Waals surface area contributed by atoms with Crippen LogP contribution in [0.2, 0.25) is 0 Å². The van der Waals surface area contributed by atoms with Gasteiger partial charge in [0.1, 0.15) is 5.82 Å². The van der Waals surface area contributed by atoms with Crippen LogP contribution in [-0.2, 0) is 6.54 Å². The number of hydrogen-bond acceptors (Lipinski definition) is 4. The lowest BCUT2D eigenvalue weighted by atomic mass is 10.2. The van der Waals surface area contributed by atoms with E-state index >= 15 is 0 Å². The number of benzene rings is 2. The lowest BCUT2D eigenvalue weighted by Crippen LogP contribution is -2.16. The van der Waals surface area contributed by atoms with Crippen molar-refractivity contribution in [3.05, 3.63) is 86.5 Å². The average molecular weight is 401 g/mol. The molecule has 1 N–H and O–H groups in total. The summed E-state index contributed by atoms with van der Waals surface area (Å²) in [4.78, 5) is 22.5. The maximum absolute atomic E-state index is 12.3. The topological polar surface area (TPSA) is 90.1 Å². The van der Waals surface area contributed by atoms with Crippen molar-refractivity contribution in [1.82, 2.24) is 9.78 Å². The third-order valence-corrected chi connectivity index (χ3v) is 4.35. The Labute approximate surface area is 151 Å². The number of nitrogens with zero attached hydrogens (tertiary/aromatic N) is 3. The number of rotatable bonds is 5. The molecule has 0 saturated heterocycles. The van der Waals surface area contributed by atoms with Gasteiger partial charge in [0.05, 0.1) is 17.7 Å². The van der Waals surface area contributed by atoms with Crippen molar-refractivity contribution in [2.24, 2.45) is 0 Å². The summed E-state index contributed by atoms with van der Waals surface area (Å²) in [5.41, 5.74) is 1.30. The van der Waals surface area contributed by atoms with Crippen LogP contribution in [0.15, 0.2) is 65.3 Å². The number of anilines is 1. The zero-order chi connectivity index (χ0) is 17.8. The van der Waals surface area contributed by atoms with Gasteiger partial charge in [0.15, 0.2) is 0 Å². The van der Waals surface area contributed by atoms with Crippen LogP contribution in [-0.4, -0.2) is 20.6 Å². The van der Waals surface area contributed by atoms with Gasteiger partial charge in [0, 0.05) is 28.2 Å². The predicted molar refractivity (Wildman–Crippen MR) is 96.5 cm³/mol. The Morgan fingerprint density at radius 1 is 1.16 bits per heavy atom. The van der Waals surface area contributed by atoms with E-state index < -0.39 is 4.92 Å². The number of carbonyl (C=O) groups excluding carboxylic acids is 1. The molecule has 8 heteroatoms. The second-order valence-corrected chi connectivity index (χ2v) is 6.08. The third kappa shape index (κ3) is 3.92. The van der Waals surface area contributed by atoms with Gasteiger partial charge in [-0.3, -0.25) is 14.9 Å². The van der Waals surface area contributed by atoms with Crippen molar-refractivity contribution in [3.8, 4) is 0 Å². The van der Waals surface area contributed by atoms with Crippen molar-refractivity contribution in [2.75, 3.05) is 5.32 Å². The predicted octanol–water partition coefficient (Wildman–Crippen LogP) is 3.85. The molecule has 126 valence electrons. The first kappa shape index (κ1) is 16.8. The Balaban J connectivity index is 1.75. The SMILES string of the molecule is O=C(Nc1ccnn1Cc1ccccc1Br)c1ccc([N+](=O)[O-])cc1. The van der Waals surface area contributed by atoms with E-state index in [-0.39, 0.29) is 11.6 Å². The monoisotopic (exact) mass is 400 g/mol. The van der Waals surface area contributed by atoms with E-state index in [0.29, 0.717) is 17.9 Å². The molecule has 1 heterocycles. The molecule has 0 aliphatic carbocycles. The number of non-ortho nitro benzene ring substituents is 1. The Kier molecular flexibility index (Phi) is 4.90. The molecule has 25 heavy (non-hydrogen) atoms. The molecule has 3 rings (SSSR count). The number of amides is 1. The maximum Gasteiger partial charge on any atom is 0.269 e. The summed E-state index contributed by atoms with van der Waals surface area (Å²) in [6.45, 7) is 0.490. The highest BCUT2D eigenvalue weighted by atomic mass is 79.9. The Hall–Kier alpha value is -3.00. The molecule has 2 aromatic carbocycles. The largest absolute Gasteiger partial charge is 0.307 e. The fourth-order valence-electron chi connectivity index (χ4n) is 2.28. The molecule has 0 bridgehead atoms. The Morgan fingerprint density at radius 3 is 2.56 bits per heavy atom. The van der Waals surface area contributed by atoms with E-state index in [2.05, 4.69) is 26.3 Å². The summed E-state index contributed by atoms with van der Waals surface area (Å²) in [5.74, 6) is 0.183. The molecule has 0 aliphatic rings. The molecule has 0 saturated carbocycles. The van der Waals surface area contributed by atoms with Crippen LogP contribution in [0.25, 0.3) is 0 Å². The summed E-state index contributed by atoms with van der Waals surface area (Å²) in [6, 6.07) is 14.9. The van der Waals surface area contributed by atoms with Crippen molar-refractivity contribution < 1.29 is 9.72 Å². The zero-order valence-electron chi connectivity index (χ0n) is 12.9. The maximum atomic E-state index is 12.3. The summed E-state index contributed by atoms with van der Waals surface area (Å²) >= 11 is 3.49. The van der Waals surface area contributed by atoms with E-state index in [1.807, 2.05) is 24.3 Å². The molecule has 1 aromatic heterocycles. The number of hydrogen-bond donors (Lipinski definition) is 1. The molecular weight excluding hydrogens is 388 g/mol. The number of nitrogens with one attached hydrogen (secondary N) is 1. The van der Waals surface area contributed by atoms with Crippen molar-refractivity contribution in [2.45, 2.75) is 6.54 Å². The first-order valence-electron chi connectivity index (χ1n) is 7.35. The highest BCUT2D eigenvalue weighted by Gasteiger charge is 2.12. The molecule has 3 aromatic rings. The van der Waals surface area contributed by atoms with Crippen molar-refractivity contribution >= 4 is 33.3 Å². The number of aromatic nitrogens is 2. The molecule has 0 unspecified atom stereocenters. The standard InChI is InChI=1S/C17H13BrN4O3/c18-15-4-2-1-3-13(15)11-21-16(9-10-19-21)20-17(23)12-5-7-14(8-6-12)22(24)25/h1-10H,11H2,(H,20,23). The fourth-order valence-corrected chi connectivity index (χ4v) is 2.69. The highest BCUT2D eigenvalue weighted by Crippen LogP contribution is 2.19. The van der Waals surface area contributed by atoms with Gasteiger partial charge in [-0.2, -0.15) is 5.10 Å². The van der Waals surface area contributed by atoms with Crippen LogP contribution < -0.4 is 5.32 Å². The van der Waals surface area contributed by atoms with Gasteiger partial charge in [0.25, 0.3) is 11.6 Å². The lowest BCUT2D eigenvalue weighted by molar-refractivity contribution is -0.384.